The molecule has 1 amide bonds. The van der Waals surface area contributed by atoms with Gasteiger partial charge in [-0.25, -0.2) is 0 Å². The molecule has 4 heteroatoms. The predicted octanol–water partition coefficient (Wildman–Crippen LogP) is 1.05. The number of carbonyl (C=O) groups is 1. The van der Waals surface area contributed by atoms with Crippen LogP contribution in [0.15, 0.2) is 0 Å². The molecule has 0 aliphatic heterocycles. The van der Waals surface area contributed by atoms with Crippen LogP contribution in [0, 0.1) is 5.92 Å². The van der Waals surface area contributed by atoms with E-state index in [0.717, 1.165) is 12.8 Å². The van der Waals surface area contributed by atoms with Gasteiger partial charge in [0.15, 0.2) is 0 Å². The summed E-state index contributed by atoms with van der Waals surface area (Å²) < 4.78 is 5.12. The fourth-order valence-corrected chi connectivity index (χ4v) is 2.02. The van der Waals surface area contributed by atoms with Gasteiger partial charge in [0, 0.05) is 19.7 Å². The van der Waals surface area contributed by atoms with E-state index in [-0.39, 0.29) is 11.9 Å². The van der Waals surface area contributed by atoms with Crippen LogP contribution in [0.1, 0.15) is 39.5 Å². The van der Waals surface area contributed by atoms with E-state index in [0.29, 0.717) is 12.5 Å². The minimum atomic E-state index is -0.751. The van der Waals surface area contributed by atoms with E-state index in [9.17, 15) is 4.79 Å². The van der Waals surface area contributed by atoms with Crippen molar-refractivity contribution >= 4 is 5.91 Å². The molecule has 0 heterocycles. The number of carbonyl (C=O) groups excluding carboxylic acids is 1. The molecule has 1 aliphatic rings. The largest absolute Gasteiger partial charge is 0.369 e. The van der Waals surface area contributed by atoms with E-state index in [1.165, 1.54) is 12.8 Å². The average Bonchev–Trinajstić information content (AvgIpc) is 2.27. The molecule has 0 spiro atoms. The van der Waals surface area contributed by atoms with Crippen molar-refractivity contribution in [2.24, 2.45) is 11.7 Å². The Kier molecular flexibility index (Phi) is 4.74. The van der Waals surface area contributed by atoms with Crippen LogP contribution in [-0.4, -0.2) is 31.2 Å². The Hall–Kier alpha value is -0.610. The molecular formula is C12H24N2O2. The Morgan fingerprint density at radius 2 is 2.06 bits per heavy atom. The highest BCUT2D eigenvalue weighted by molar-refractivity contribution is 5.84. The van der Waals surface area contributed by atoms with Crippen LogP contribution in [0.2, 0.25) is 0 Å². The van der Waals surface area contributed by atoms with Crippen molar-refractivity contribution in [3.63, 3.8) is 0 Å². The molecule has 2 unspecified atom stereocenters. The standard InChI is InChI=1S/C12H24N2O2/c1-12(2,16-3)11(15)14-8-9-6-4-5-7-10(9)13/h9-10H,4-8,13H2,1-3H3,(H,14,15). The van der Waals surface area contributed by atoms with E-state index in [1.807, 2.05) is 0 Å². The highest BCUT2D eigenvalue weighted by Crippen LogP contribution is 2.22. The predicted molar refractivity (Wildman–Crippen MR) is 64.0 cm³/mol. The summed E-state index contributed by atoms with van der Waals surface area (Å²) in [4.78, 5) is 11.8. The second-order valence-corrected chi connectivity index (χ2v) is 5.13. The third kappa shape index (κ3) is 3.46. The first-order chi connectivity index (χ1) is 7.47. The maximum Gasteiger partial charge on any atom is 0.251 e. The third-order valence-corrected chi connectivity index (χ3v) is 3.55. The molecule has 4 nitrogen and oxygen atoms in total. The fraction of sp³-hybridized carbons (Fsp3) is 0.917. The molecular weight excluding hydrogens is 204 g/mol. The molecule has 2 atom stereocenters. The molecule has 1 rings (SSSR count). The first-order valence-electron chi connectivity index (χ1n) is 6.06. The normalized spacial score (nSPS) is 26.5. The zero-order chi connectivity index (χ0) is 12.2. The molecule has 16 heavy (non-hydrogen) atoms. The second kappa shape index (κ2) is 5.64. The molecule has 0 aromatic heterocycles. The van der Waals surface area contributed by atoms with Crippen LogP contribution < -0.4 is 11.1 Å². The zero-order valence-corrected chi connectivity index (χ0v) is 10.6. The Bertz CT molecular complexity index is 241. The van der Waals surface area contributed by atoms with E-state index in [1.54, 1.807) is 21.0 Å². The number of hydrogen-bond acceptors (Lipinski definition) is 3. The SMILES string of the molecule is COC(C)(C)C(=O)NCC1CCCCC1N. The lowest BCUT2D eigenvalue weighted by Crippen LogP contribution is -2.48. The van der Waals surface area contributed by atoms with Gasteiger partial charge in [0.2, 0.25) is 0 Å². The van der Waals surface area contributed by atoms with E-state index in [4.69, 9.17) is 10.5 Å². The zero-order valence-electron chi connectivity index (χ0n) is 10.6. The highest BCUT2D eigenvalue weighted by atomic mass is 16.5. The number of nitrogens with two attached hydrogens (primary N) is 1. The monoisotopic (exact) mass is 228 g/mol. The first kappa shape index (κ1) is 13.5. The molecule has 0 radical (unpaired) electrons. The smallest absolute Gasteiger partial charge is 0.251 e. The van der Waals surface area contributed by atoms with E-state index < -0.39 is 5.60 Å². The average molecular weight is 228 g/mol. The molecule has 0 saturated heterocycles. The molecule has 3 N–H and O–H groups in total. The quantitative estimate of drug-likeness (QED) is 0.756. The Morgan fingerprint density at radius 3 is 2.62 bits per heavy atom. The molecule has 0 aromatic carbocycles. The molecule has 0 aromatic rings. The van der Waals surface area contributed by atoms with Crippen LogP contribution in [0.25, 0.3) is 0 Å². The summed E-state index contributed by atoms with van der Waals surface area (Å²) in [7, 11) is 1.55. The van der Waals surface area contributed by atoms with E-state index in [2.05, 4.69) is 5.32 Å². The summed E-state index contributed by atoms with van der Waals surface area (Å²) in [6, 6.07) is 0.236. The van der Waals surface area contributed by atoms with Crippen LogP contribution in [0.3, 0.4) is 0 Å². The summed E-state index contributed by atoms with van der Waals surface area (Å²) in [5.41, 5.74) is 5.27. The van der Waals surface area contributed by atoms with Gasteiger partial charge in [-0.3, -0.25) is 4.79 Å². The van der Waals surface area contributed by atoms with Gasteiger partial charge in [-0.15, -0.1) is 0 Å². The van der Waals surface area contributed by atoms with E-state index >= 15 is 0 Å². The Balaban J connectivity index is 2.36. The summed E-state index contributed by atoms with van der Waals surface area (Å²) >= 11 is 0. The Labute approximate surface area is 97.9 Å². The van der Waals surface area contributed by atoms with Crippen molar-refractivity contribution in [3.05, 3.63) is 0 Å². The lowest BCUT2D eigenvalue weighted by atomic mass is 9.85. The van der Waals surface area contributed by atoms with Crippen molar-refractivity contribution in [2.45, 2.75) is 51.2 Å². The second-order valence-electron chi connectivity index (χ2n) is 5.13. The van der Waals surface area contributed by atoms with Gasteiger partial charge in [-0.1, -0.05) is 12.8 Å². The van der Waals surface area contributed by atoms with Crippen molar-refractivity contribution in [3.8, 4) is 0 Å². The molecule has 1 saturated carbocycles. The van der Waals surface area contributed by atoms with Crippen LogP contribution in [-0.2, 0) is 9.53 Å². The molecule has 1 aliphatic carbocycles. The highest BCUT2D eigenvalue weighted by Gasteiger charge is 2.28. The molecule has 1 fully saturated rings. The minimum absolute atomic E-state index is 0.0622. The fourth-order valence-electron chi connectivity index (χ4n) is 2.02. The van der Waals surface area contributed by atoms with Gasteiger partial charge >= 0.3 is 0 Å². The summed E-state index contributed by atoms with van der Waals surface area (Å²) in [5.74, 6) is 0.359. The number of amides is 1. The minimum Gasteiger partial charge on any atom is -0.369 e. The molecule has 0 bridgehead atoms. The lowest BCUT2D eigenvalue weighted by molar-refractivity contribution is -0.139. The summed E-state index contributed by atoms with van der Waals surface area (Å²) in [6.07, 6.45) is 4.64. The number of hydrogen-bond donors (Lipinski definition) is 2. The molecule has 94 valence electrons. The van der Waals surface area contributed by atoms with Crippen molar-refractivity contribution in [1.82, 2.24) is 5.32 Å². The van der Waals surface area contributed by atoms with Crippen LogP contribution >= 0.6 is 0 Å². The maximum atomic E-state index is 11.8. The maximum absolute atomic E-state index is 11.8. The lowest BCUT2D eigenvalue weighted by Gasteiger charge is -2.30. The Morgan fingerprint density at radius 1 is 1.44 bits per heavy atom. The topological polar surface area (TPSA) is 64.3 Å². The first-order valence-corrected chi connectivity index (χ1v) is 6.06. The van der Waals surface area contributed by atoms with Gasteiger partial charge < -0.3 is 15.8 Å². The summed E-state index contributed by atoms with van der Waals surface area (Å²) in [6.45, 7) is 4.21. The number of ether oxygens (including phenoxy) is 1. The van der Waals surface area contributed by atoms with Gasteiger partial charge in [-0.05, 0) is 32.6 Å². The number of rotatable bonds is 4. The van der Waals surface area contributed by atoms with Gasteiger partial charge in [0.05, 0.1) is 0 Å². The van der Waals surface area contributed by atoms with Crippen LogP contribution in [0.4, 0.5) is 0 Å². The van der Waals surface area contributed by atoms with Crippen molar-refractivity contribution in [1.29, 1.82) is 0 Å². The van der Waals surface area contributed by atoms with Crippen molar-refractivity contribution in [2.75, 3.05) is 13.7 Å². The third-order valence-electron chi connectivity index (χ3n) is 3.55. The van der Waals surface area contributed by atoms with Gasteiger partial charge in [0.1, 0.15) is 5.60 Å². The van der Waals surface area contributed by atoms with Gasteiger partial charge in [-0.2, -0.15) is 0 Å². The number of nitrogens with one attached hydrogen (secondary N) is 1. The van der Waals surface area contributed by atoms with Crippen LogP contribution in [0.5, 0.6) is 0 Å². The number of methoxy groups -OCH3 is 1. The van der Waals surface area contributed by atoms with Crippen molar-refractivity contribution < 1.29 is 9.53 Å². The summed E-state index contributed by atoms with van der Waals surface area (Å²) in [5, 5.41) is 2.93. The van der Waals surface area contributed by atoms with Gasteiger partial charge in [0.25, 0.3) is 5.91 Å².